The maximum atomic E-state index is 3.76. The molecule has 0 spiro atoms. The Hall–Kier alpha value is -0.860. The lowest BCUT2D eigenvalue weighted by atomic mass is 9.94. The van der Waals surface area contributed by atoms with Crippen molar-refractivity contribution in [1.82, 2.24) is 10.2 Å². The lowest BCUT2D eigenvalue weighted by Gasteiger charge is -2.35. The zero-order chi connectivity index (χ0) is 14.5. The predicted molar refractivity (Wildman–Crippen MR) is 89.4 cm³/mol. The first-order chi connectivity index (χ1) is 10.3. The van der Waals surface area contributed by atoms with Crippen LogP contribution in [-0.2, 0) is 0 Å². The summed E-state index contributed by atoms with van der Waals surface area (Å²) in [5, 5.41) is 3.76. The molecule has 2 nitrogen and oxygen atoms in total. The molecule has 2 aliphatic rings. The maximum absolute atomic E-state index is 3.76. The SMILES string of the molecule is CC1CCCCCC1N1CCCNC(c2ccccc2)C1. The average molecular weight is 286 g/mol. The topological polar surface area (TPSA) is 15.3 Å². The Labute approximate surface area is 129 Å². The molecule has 0 bridgehead atoms. The van der Waals surface area contributed by atoms with Crippen molar-refractivity contribution in [3.63, 3.8) is 0 Å². The van der Waals surface area contributed by atoms with Gasteiger partial charge >= 0.3 is 0 Å². The summed E-state index contributed by atoms with van der Waals surface area (Å²) in [4.78, 5) is 2.80. The van der Waals surface area contributed by atoms with Gasteiger partial charge in [0, 0.05) is 18.6 Å². The molecule has 1 saturated heterocycles. The van der Waals surface area contributed by atoms with Crippen LogP contribution in [0.3, 0.4) is 0 Å². The Bertz CT molecular complexity index is 417. The first kappa shape index (κ1) is 15.1. The van der Waals surface area contributed by atoms with Crippen LogP contribution in [-0.4, -0.2) is 30.6 Å². The summed E-state index contributed by atoms with van der Waals surface area (Å²) >= 11 is 0. The van der Waals surface area contributed by atoms with E-state index < -0.39 is 0 Å². The van der Waals surface area contributed by atoms with E-state index in [1.54, 1.807) is 0 Å². The molecule has 1 N–H and O–H groups in total. The van der Waals surface area contributed by atoms with Crippen molar-refractivity contribution in [2.24, 2.45) is 5.92 Å². The van der Waals surface area contributed by atoms with E-state index in [-0.39, 0.29) is 0 Å². The second-order valence-electron chi connectivity index (χ2n) is 6.95. The van der Waals surface area contributed by atoms with Crippen molar-refractivity contribution in [2.45, 2.75) is 57.5 Å². The van der Waals surface area contributed by atoms with Crippen molar-refractivity contribution < 1.29 is 0 Å². The van der Waals surface area contributed by atoms with Gasteiger partial charge in [0.25, 0.3) is 0 Å². The summed E-state index contributed by atoms with van der Waals surface area (Å²) < 4.78 is 0. The number of nitrogens with zero attached hydrogens (tertiary/aromatic N) is 1. The summed E-state index contributed by atoms with van der Waals surface area (Å²) in [5.41, 5.74) is 1.45. The van der Waals surface area contributed by atoms with Crippen LogP contribution in [0.15, 0.2) is 30.3 Å². The Morgan fingerprint density at radius 2 is 1.81 bits per heavy atom. The van der Waals surface area contributed by atoms with Crippen LogP contribution in [0.25, 0.3) is 0 Å². The Balaban J connectivity index is 1.72. The monoisotopic (exact) mass is 286 g/mol. The van der Waals surface area contributed by atoms with Gasteiger partial charge in [0.1, 0.15) is 0 Å². The molecule has 0 radical (unpaired) electrons. The fourth-order valence-corrected chi connectivity index (χ4v) is 4.17. The molecular weight excluding hydrogens is 256 g/mol. The minimum Gasteiger partial charge on any atom is -0.309 e. The molecule has 1 aromatic carbocycles. The standard InChI is InChI=1S/C19H30N2/c1-16-9-4-2-7-12-19(16)21-14-8-13-20-18(15-21)17-10-5-3-6-11-17/h3,5-6,10-11,16,18-20H,2,4,7-9,12-15H2,1H3. The molecule has 2 fully saturated rings. The van der Waals surface area contributed by atoms with Crippen LogP contribution in [0, 0.1) is 5.92 Å². The quantitative estimate of drug-likeness (QED) is 0.827. The fraction of sp³-hybridized carbons (Fsp3) is 0.684. The number of hydrogen-bond acceptors (Lipinski definition) is 2. The van der Waals surface area contributed by atoms with Gasteiger partial charge in [-0.05, 0) is 43.8 Å². The van der Waals surface area contributed by atoms with Gasteiger partial charge < -0.3 is 5.32 Å². The molecule has 21 heavy (non-hydrogen) atoms. The zero-order valence-electron chi connectivity index (χ0n) is 13.4. The minimum atomic E-state index is 0.504. The summed E-state index contributed by atoms with van der Waals surface area (Å²) in [6.07, 6.45) is 8.41. The molecule has 3 unspecified atom stereocenters. The number of benzene rings is 1. The number of hydrogen-bond donors (Lipinski definition) is 1. The molecule has 1 heterocycles. The van der Waals surface area contributed by atoms with E-state index in [4.69, 9.17) is 0 Å². The molecule has 1 aromatic rings. The van der Waals surface area contributed by atoms with Gasteiger partial charge in [0.2, 0.25) is 0 Å². The van der Waals surface area contributed by atoms with E-state index in [1.807, 2.05) is 0 Å². The Morgan fingerprint density at radius 1 is 1.00 bits per heavy atom. The smallest absolute Gasteiger partial charge is 0.0449 e. The van der Waals surface area contributed by atoms with Gasteiger partial charge in [-0.15, -0.1) is 0 Å². The highest BCUT2D eigenvalue weighted by Crippen LogP contribution is 2.29. The van der Waals surface area contributed by atoms with Crippen LogP contribution < -0.4 is 5.32 Å². The summed E-state index contributed by atoms with van der Waals surface area (Å²) in [5.74, 6) is 0.863. The molecular formula is C19H30N2. The van der Waals surface area contributed by atoms with E-state index in [2.05, 4.69) is 47.5 Å². The molecule has 1 saturated carbocycles. The third-order valence-corrected chi connectivity index (χ3v) is 5.42. The van der Waals surface area contributed by atoms with Gasteiger partial charge in [0.05, 0.1) is 0 Å². The highest BCUT2D eigenvalue weighted by Gasteiger charge is 2.29. The minimum absolute atomic E-state index is 0.504. The lowest BCUT2D eigenvalue weighted by molar-refractivity contribution is 0.138. The molecule has 1 aliphatic heterocycles. The molecule has 1 aliphatic carbocycles. The van der Waals surface area contributed by atoms with Gasteiger partial charge in [-0.25, -0.2) is 0 Å². The predicted octanol–water partition coefficient (Wildman–Crippen LogP) is 3.99. The van der Waals surface area contributed by atoms with Gasteiger partial charge in [-0.3, -0.25) is 4.90 Å². The van der Waals surface area contributed by atoms with Crippen molar-refractivity contribution in [3.05, 3.63) is 35.9 Å². The maximum Gasteiger partial charge on any atom is 0.0449 e. The molecule has 116 valence electrons. The third-order valence-electron chi connectivity index (χ3n) is 5.42. The Kier molecular flexibility index (Phi) is 5.32. The molecule has 3 rings (SSSR count). The van der Waals surface area contributed by atoms with Gasteiger partial charge in [0.15, 0.2) is 0 Å². The summed E-state index contributed by atoms with van der Waals surface area (Å²) in [6.45, 7) is 6.08. The van der Waals surface area contributed by atoms with Crippen molar-refractivity contribution >= 4 is 0 Å². The van der Waals surface area contributed by atoms with Crippen LogP contribution in [0.5, 0.6) is 0 Å². The summed E-state index contributed by atoms with van der Waals surface area (Å²) in [7, 11) is 0. The van der Waals surface area contributed by atoms with E-state index >= 15 is 0 Å². The van der Waals surface area contributed by atoms with E-state index in [0.29, 0.717) is 6.04 Å². The van der Waals surface area contributed by atoms with E-state index in [0.717, 1.165) is 18.5 Å². The highest BCUT2D eigenvalue weighted by molar-refractivity contribution is 5.19. The van der Waals surface area contributed by atoms with E-state index in [1.165, 1.54) is 57.2 Å². The number of rotatable bonds is 2. The van der Waals surface area contributed by atoms with Crippen LogP contribution in [0.2, 0.25) is 0 Å². The van der Waals surface area contributed by atoms with Gasteiger partial charge in [-0.1, -0.05) is 56.5 Å². The van der Waals surface area contributed by atoms with E-state index in [9.17, 15) is 0 Å². The Morgan fingerprint density at radius 3 is 2.67 bits per heavy atom. The van der Waals surface area contributed by atoms with Gasteiger partial charge in [-0.2, -0.15) is 0 Å². The molecule has 0 amide bonds. The zero-order valence-corrected chi connectivity index (χ0v) is 13.4. The second-order valence-corrected chi connectivity index (χ2v) is 6.95. The normalized spacial score (nSPS) is 32.3. The molecule has 2 heteroatoms. The third kappa shape index (κ3) is 3.87. The average Bonchev–Trinajstić information content (AvgIpc) is 2.88. The van der Waals surface area contributed by atoms with Crippen LogP contribution in [0.1, 0.15) is 57.1 Å². The first-order valence-electron chi connectivity index (χ1n) is 8.87. The first-order valence-corrected chi connectivity index (χ1v) is 8.87. The summed E-state index contributed by atoms with van der Waals surface area (Å²) in [6, 6.07) is 12.3. The lowest BCUT2D eigenvalue weighted by Crippen LogP contribution is -2.42. The van der Waals surface area contributed by atoms with Crippen molar-refractivity contribution in [3.8, 4) is 0 Å². The number of nitrogens with one attached hydrogen (secondary N) is 1. The van der Waals surface area contributed by atoms with Crippen LogP contribution in [0.4, 0.5) is 0 Å². The van der Waals surface area contributed by atoms with Crippen LogP contribution >= 0.6 is 0 Å². The van der Waals surface area contributed by atoms with Crippen molar-refractivity contribution in [1.29, 1.82) is 0 Å². The van der Waals surface area contributed by atoms with Crippen molar-refractivity contribution in [2.75, 3.05) is 19.6 Å². The second kappa shape index (κ2) is 7.42. The molecule has 3 atom stereocenters. The largest absolute Gasteiger partial charge is 0.309 e. The highest BCUT2D eigenvalue weighted by atomic mass is 15.2. The molecule has 0 aromatic heterocycles. The fourth-order valence-electron chi connectivity index (χ4n) is 4.17.